The zero-order valence-corrected chi connectivity index (χ0v) is 17.3. The average molecular weight is 392 g/mol. The molecule has 0 aliphatic heterocycles. The molecule has 29 heavy (non-hydrogen) atoms. The van der Waals surface area contributed by atoms with Gasteiger partial charge in [0.2, 0.25) is 0 Å². The largest absolute Gasteiger partial charge is 0.485 e. The fourth-order valence-corrected chi connectivity index (χ4v) is 3.11. The first-order valence-electron chi connectivity index (χ1n) is 9.80. The number of carbonyl (C=O) groups excluding carboxylic acids is 1. The molecule has 1 aromatic heterocycles. The van der Waals surface area contributed by atoms with Gasteiger partial charge in [-0.25, -0.2) is 0 Å². The summed E-state index contributed by atoms with van der Waals surface area (Å²) in [5.74, 6) is 1.53. The van der Waals surface area contributed by atoms with Crippen LogP contribution in [0.5, 0.6) is 5.75 Å². The van der Waals surface area contributed by atoms with Gasteiger partial charge in [-0.15, -0.1) is 0 Å². The van der Waals surface area contributed by atoms with Gasteiger partial charge in [0.25, 0.3) is 5.91 Å². The van der Waals surface area contributed by atoms with Gasteiger partial charge in [-0.1, -0.05) is 48.0 Å². The van der Waals surface area contributed by atoms with E-state index in [0.717, 1.165) is 24.4 Å². The van der Waals surface area contributed by atoms with Crippen LogP contribution in [0.2, 0.25) is 0 Å². The standard InChI is InChI=1S/C24H28N2O3/c1-18-9-11-22(19(2)15-18)28-17-21-10-12-23(29-21)24(27)25-13-14-26(3)16-20-7-5-4-6-8-20/h4-12,15H,13-14,16-17H2,1-3H3,(H,25,27). The van der Waals surface area contributed by atoms with Gasteiger partial charge in [0.1, 0.15) is 18.1 Å². The second-order valence-electron chi connectivity index (χ2n) is 7.30. The van der Waals surface area contributed by atoms with E-state index in [1.165, 1.54) is 11.1 Å². The molecule has 0 spiro atoms. The van der Waals surface area contributed by atoms with Crippen molar-refractivity contribution in [3.63, 3.8) is 0 Å². The van der Waals surface area contributed by atoms with E-state index in [-0.39, 0.29) is 12.5 Å². The molecular weight excluding hydrogens is 364 g/mol. The molecule has 5 heteroatoms. The van der Waals surface area contributed by atoms with Crippen LogP contribution >= 0.6 is 0 Å². The number of amides is 1. The summed E-state index contributed by atoms with van der Waals surface area (Å²) in [5, 5.41) is 2.90. The van der Waals surface area contributed by atoms with Gasteiger partial charge in [0.15, 0.2) is 5.76 Å². The average Bonchev–Trinajstić information content (AvgIpc) is 3.17. The molecule has 0 aliphatic rings. The van der Waals surface area contributed by atoms with Crippen LogP contribution in [0.1, 0.15) is 33.0 Å². The molecule has 0 saturated heterocycles. The molecule has 0 fully saturated rings. The Balaban J connectivity index is 1.43. The molecule has 0 unspecified atom stereocenters. The molecule has 0 saturated carbocycles. The van der Waals surface area contributed by atoms with E-state index in [1.807, 2.05) is 51.2 Å². The third-order valence-corrected chi connectivity index (χ3v) is 4.66. The van der Waals surface area contributed by atoms with E-state index >= 15 is 0 Å². The van der Waals surface area contributed by atoms with Crippen LogP contribution in [-0.4, -0.2) is 30.9 Å². The third-order valence-electron chi connectivity index (χ3n) is 4.66. The van der Waals surface area contributed by atoms with Crippen LogP contribution in [0.15, 0.2) is 65.1 Å². The molecular formula is C24H28N2O3. The Hall–Kier alpha value is -3.05. The number of furan rings is 1. The molecule has 1 heterocycles. The SMILES string of the molecule is Cc1ccc(OCc2ccc(C(=O)NCCN(C)Cc3ccccc3)o2)c(C)c1. The molecule has 0 radical (unpaired) electrons. The topological polar surface area (TPSA) is 54.7 Å². The van der Waals surface area contributed by atoms with Crippen LogP contribution in [0.25, 0.3) is 0 Å². The van der Waals surface area contributed by atoms with E-state index in [9.17, 15) is 4.79 Å². The van der Waals surface area contributed by atoms with Gasteiger partial charge >= 0.3 is 0 Å². The zero-order chi connectivity index (χ0) is 20.6. The minimum atomic E-state index is -0.212. The predicted molar refractivity (Wildman–Crippen MR) is 114 cm³/mol. The highest BCUT2D eigenvalue weighted by Crippen LogP contribution is 2.20. The first-order chi connectivity index (χ1) is 14.0. The second-order valence-corrected chi connectivity index (χ2v) is 7.30. The van der Waals surface area contributed by atoms with Crippen molar-refractivity contribution in [3.05, 3.63) is 88.9 Å². The predicted octanol–water partition coefficient (Wildman–Crippen LogP) is 4.34. The van der Waals surface area contributed by atoms with Crippen LogP contribution in [0.4, 0.5) is 0 Å². The van der Waals surface area contributed by atoms with Gasteiger partial charge in [-0.05, 0) is 50.2 Å². The summed E-state index contributed by atoms with van der Waals surface area (Å²) >= 11 is 0. The summed E-state index contributed by atoms with van der Waals surface area (Å²) in [5.41, 5.74) is 3.52. The van der Waals surface area contributed by atoms with Crippen LogP contribution in [0.3, 0.4) is 0 Å². The lowest BCUT2D eigenvalue weighted by atomic mass is 10.1. The lowest BCUT2D eigenvalue weighted by Crippen LogP contribution is -2.32. The first-order valence-corrected chi connectivity index (χ1v) is 9.80. The number of aryl methyl sites for hydroxylation is 2. The summed E-state index contributed by atoms with van der Waals surface area (Å²) in [7, 11) is 2.04. The fourth-order valence-electron chi connectivity index (χ4n) is 3.11. The summed E-state index contributed by atoms with van der Waals surface area (Å²) in [4.78, 5) is 14.5. The number of nitrogens with zero attached hydrogens (tertiary/aromatic N) is 1. The normalized spacial score (nSPS) is 10.9. The lowest BCUT2D eigenvalue weighted by molar-refractivity contribution is 0.0917. The Morgan fingerprint density at radius 3 is 2.62 bits per heavy atom. The summed E-state index contributed by atoms with van der Waals surface area (Å²) in [6, 6.07) is 19.8. The second kappa shape index (κ2) is 9.94. The fraction of sp³-hybridized carbons (Fsp3) is 0.292. The van der Waals surface area contributed by atoms with E-state index in [2.05, 4.69) is 28.4 Å². The summed E-state index contributed by atoms with van der Waals surface area (Å²) in [6.45, 7) is 6.50. The van der Waals surface area contributed by atoms with Crippen molar-refractivity contribution in [2.45, 2.75) is 27.0 Å². The number of carbonyl (C=O) groups is 1. The van der Waals surface area contributed by atoms with E-state index < -0.39 is 0 Å². The van der Waals surface area contributed by atoms with Crippen LogP contribution in [0, 0.1) is 13.8 Å². The maximum absolute atomic E-state index is 12.3. The molecule has 3 aromatic rings. The molecule has 5 nitrogen and oxygen atoms in total. The Morgan fingerprint density at radius 2 is 1.86 bits per heavy atom. The number of hydrogen-bond acceptors (Lipinski definition) is 4. The van der Waals surface area contributed by atoms with Gasteiger partial charge in [0.05, 0.1) is 0 Å². The molecule has 3 rings (SSSR count). The van der Waals surface area contributed by atoms with Crippen molar-refractivity contribution in [2.75, 3.05) is 20.1 Å². The summed E-state index contributed by atoms with van der Waals surface area (Å²) in [6.07, 6.45) is 0. The van der Waals surface area contributed by atoms with Crippen LogP contribution in [-0.2, 0) is 13.2 Å². The van der Waals surface area contributed by atoms with Gasteiger partial charge < -0.3 is 19.4 Å². The number of nitrogens with one attached hydrogen (secondary N) is 1. The molecule has 0 bridgehead atoms. The van der Waals surface area contributed by atoms with Gasteiger partial charge in [-0.3, -0.25) is 4.79 Å². The molecule has 152 valence electrons. The van der Waals surface area contributed by atoms with Crippen molar-refractivity contribution in [1.82, 2.24) is 10.2 Å². The highest BCUT2D eigenvalue weighted by molar-refractivity contribution is 5.91. The number of hydrogen-bond donors (Lipinski definition) is 1. The zero-order valence-electron chi connectivity index (χ0n) is 17.3. The highest BCUT2D eigenvalue weighted by Gasteiger charge is 2.12. The van der Waals surface area contributed by atoms with Crippen molar-refractivity contribution in [2.24, 2.45) is 0 Å². The molecule has 1 amide bonds. The molecule has 0 aliphatic carbocycles. The lowest BCUT2D eigenvalue weighted by Gasteiger charge is -2.16. The smallest absolute Gasteiger partial charge is 0.287 e. The Morgan fingerprint density at radius 1 is 1.07 bits per heavy atom. The van der Waals surface area contributed by atoms with Crippen LogP contribution < -0.4 is 10.1 Å². The Labute approximate surface area is 172 Å². The monoisotopic (exact) mass is 392 g/mol. The Bertz CT molecular complexity index is 934. The number of rotatable bonds is 9. The van der Waals surface area contributed by atoms with E-state index in [4.69, 9.17) is 9.15 Å². The maximum Gasteiger partial charge on any atom is 0.287 e. The Kier molecular flexibility index (Phi) is 7.09. The first kappa shape index (κ1) is 20.7. The van der Waals surface area contributed by atoms with Crippen molar-refractivity contribution >= 4 is 5.91 Å². The van der Waals surface area contributed by atoms with Crippen molar-refractivity contribution < 1.29 is 13.9 Å². The minimum Gasteiger partial charge on any atom is -0.485 e. The molecule has 1 N–H and O–H groups in total. The minimum absolute atomic E-state index is 0.212. The molecule has 2 aromatic carbocycles. The summed E-state index contributed by atoms with van der Waals surface area (Å²) < 4.78 is 11.4. The third kappa shape index (κ3) is 6.22. The highest BCUT2D eigenvalue weighted by atomic mass is 16.5. The maximum atomic E-state index is 12.3. The molecule has 0 atom stereocenters. The number of likely N-dealkylation sites (N-methyl/N-ethyl adjacent to an activating group) is 1. The van der Waals surface area contributed by atoms with E-state index in [1.54, 1.807) is 12.1 Å². The van der Waals surface area contributed by atoms with Crippen molar-refractivity contribution in [3.8, 4) is 5.75 Å². The van der Waals surface area contributed by atoms with E-state index in [0.29, 0.717) is 18.1 Å². The van der Waals surface area contributed by atoms with Gasteiger partial charge in [-0.2, -0.15) is 0 Å². The quantitative estimate of drug-likeness (QED) is 0.589. The van der Waals surface area contributed by atoms with Crippen molar-refractivity contribution in [1.29, 1.82) is 0 Å². The number of benzene rings is 2. The number of ether oxygens (including phenoxy) is 1. The van der Waals surface area contributed by atoms with Gasteiger partial charge in [0, 0.05) is 19.6 Å².